The van der Waals surface area contributed by atoms with Crippen molar-refractivity contribution in [2.24, 2.45) is 0 Å². The Morgan fingerprint density at radius 2 is 1.58 bits per heavy atom. The number of halogens is 4. The Bertz CT molecular complexity index is 1040. The second kappa shape index (κ2) is 8.46. The summed E-state index contributed by atoms with van der Waals surface area (Å²) in [5, 5.41) is 7.07. The fourth-order valence-corrected chi connectivity index (χ4v) is 3.54. The van der Waals surface area contributed by atoms with Gasteiger partial charge in [0.15, 0.2) is 11.4 Å². The lowest BCUT2D eigenvalue weighted by atomic mass is 10.2. The molecule has 0 unspecified atom stereocenters. The van der Waals surface area contributed by atoms with Gasteiger partial charge in [-0.1, -0.05) is 35.5 Å². The lowest BCUT2D eigenvalue weighted by molar-refractivity contribution is -0.143. The molecular formula is C21H19F4N5O. The maximum absolute atomic E-state index is 13.8. The van der Waals surface area contributed by atoms with E-state index >= 15 is 0 Å². The van der Waals surface area contributed by atoms with Crippen LogP contribution >= 0.6 is 0 Å². The molecule has 1 fully saturated rings. The molecular weight excluding hydrogens is 414 g/mol. The van der Waals surface area contributed by atoms with Crippen molar-refractivity contribution in [3.63, 3.8) is 0 Å². The minimum absolute atomic E-state index is 0.0343. The van der Waals surface area contributed by atoms with Crippen molar-refractivity contribution in [2.75, 3.05) is 26.2 Å². The summed E-state index contributed by atoms with van der Waals surface area (Å²) in [6, 6.07) is 14.1. The lowest BCUT2D eigenvalue weighted by Crippen LogP contribution is -2.48. The minimum Gasteiger partial charge on any atom is -0.335 e. The van der Waals surface area contributed by atoms with Gasteiger partial charge in [-0.15, -0.1) is 5.10 Å². The third kappa shape index (κ3) is 4.58. The normalized spacial score (nSPS) is 15.3. The molecule has 1 aliphatic rings. The van der Waals surface area contributed by atoms with Crippen LogP contribution < -0.4 is 0 Å². The first-order valence-electron chi connectivity index (χ1n) is 9.67. The van der Waals surface area contributed by atoms with E-state index in [4.69, 9.17) is 0 Å². The number of hydrogen-bond donors (Lipinski definition) is 0. The Labute approximate surface area is 175 Å². The quantitative estimate of drug-likeness (QED) is 0.592. The van der Waals surface area contributed by atoms with E-state index in [2.05, 4.69) is 15.2 Å². The van der Waals surface area contributed by atoms with Crippen molar-refractivity contribution >= 4 is 5.91 Å². The predicted molar refractivity (Wildman–Crippen MR) is 104 cm³/mol. The van der Waals surface area contributed by atoms with Crippen LogP contribution in [0.4, 0.5) is 17.6 Å². The van der Waals surface area contributed by atoms with Crippen molar-refractivity contribution in [1.82, 2.24) is 24.8 Å². The summed E-state index contributed by atoms with van der Waals surface area (Å²) in [5.41, 5.74) is -0.930. The SMILES string of the molecule is O=C(c1nnn(-c2ccc(F)cc2)c1C(F)(F)F)N1CCN(Cc2ccccc2)CC1. The van der Waals surface area contributed by atoms with Crippen LogP contribution in [-0.2, 0) is 12.7 Å². The molecule has 3 aromatic rings. The first kappa shape index (κ1) is 21.0. The largest absolute Gasteiger partial charge is 0.435 e. The predicted octanol–water partition coefficient (Wildman–Crippen LogP) is 3.38. The van der Waals surface area contributed by atoms with Gasteiger partial charge in [-0.25, -0.2) is 9.07 Å². The monoisotopic (exact) mass is 433 g/mol. The van der Waals surface area contributed by atoms with Crippen LogP contribution in [-0.4, -0.2) is 56.9 Å². The number of carbonyl (C=O) groups is 1. The summed E-state index contributed by atoms with van der Waals surface area (Å²) in [5.74, 6) is -1.41. The summed E-state index contributed by atoms with van der Waals surface area (Å²) in [7, 11) is 0. The first-order chi connectivity index (χ1) is 14.8. The van der Waals surface area contributed by atoms with E-state index in [1.807, 2.05) is 30.3 Å². The highest BCUT2D eigenvalue weighted by atomic mass is 19.4. The van der Waals surface area contributed by atoms with Crippen molar-refractivity contribution in [2.45, 2.75) is 12.7 Å². The van der Waals surface area contributed by atoms with Gasteiger partial charge >= 0.3 is 6.18 Å². The van der Waals surface area contributed by atoms with Crippen molar-refractivity contribution in [3.05, 3.63) is 77.4 Å². The van der Waals surface area contributed by atoms with E-state index in [0.29, 0.717) is 24.3 Å². The maximum atomic E-state index is 13.8. The standard InChI is InChI=1S/C21H19F4N5O/c22-16-6-8-17(9-7-16)30-19(21(23,24)25)18(26-27-30)20(31)29-12-10-28(11-13-29)14-15-4-2-1-3-5-15/h1-9H,10-14H2. The molecule has 0 spiro atoms. The number of hydrogen-bond acceptors (Lipinski definition) is 4. The molecule has 1 amide bonds. The van der Waals surface area contributed by atoms with Gasteiger partial charge < -0.3 is 4.90 Å². The Hall–Kier alpha value is -3.27. The van der Waals surface area contributed by atoms with Crippen molar-refractivity contribution in [1.29, 1.82) is 0 Å². The molecule has 0 bridgehead atoms. The topological polar surface area (TPSA) is 54.3 Å². The number of rotatable bonds is 4. The van der Waals surface area contributed by atoms with Gasteiger partial charge in [-0.3, -0.25) is 9.69 Å². The van der Waals surface area contributed by atoms with Crippen LogP contribution in [0, 0.1) is 5.82 Å². The Balaban J connectivity index is 1.52. The number of carbonyl (C=O) groups excluding carboxylic acids is 1. The zero-order valence-corrected chi connectivity index (χ0v) is 16.4. The van der Waals surface area contributed by atoms with Crippen LogP contribution in [0.2, 0.25) is 0 Å². The number of aromatic nitrogens is 3. The Morgan fingerprint density at radius 3 is 2.19 bits per heavy atom. The zero-order chi connectivity index (χ0) is 22.0. The molecule has 0 saturated carbocycles. The summed E-state index contributed by atoms with van der Waals surface area (Å²) in [4.78, 5) is 16.4. The average molecular weight is 433 g/mol. The molecule has 6 nitrogen and oxygen atoms in total. The highest BCUT2D eigenvalue weighted by Gasteiger charge is 2.43. The van der Waals surface area contributed by atoms with Gasteiger partial charge in [0.2, 0.25) is 0 Å². The molecule has 31 heavy (non-hydrogen) atoms. The summed E-state index contributed by atoms with van der Waals surface area (Å²) in [6.07, 6.45) is -4.86. The molecule has 1 aromatic heterocycles. The Morgan fingerprint density at radius 1 is 0.935 bits per heavy atom. The van der Waals surface area contributed by atoms with Crippen LogP contribution in [0.15, 0.2) is 54.6 Å². The van der Waals surface area contributed by atoms with Crippen LogP contribution in [0.1, 0.15) is 21.7 Å². The van der Waals surface area contributed by atoms with E-state index in [9.17, 15) is 22.4 Å². The van der Waals surface area contributed by atoms with E-state index < -0.39 is 29.3 Å². The highest BCUT2D eigenvalue weighted by Crippen LogP contribution is 2.33. The zero-order valence-electron chi connectivity index (χ0n) is 16.4. The van der Waals surface area contributed by atoms with Gasteiger partial charge in [0.1, 0.15) is 5.82 Å². The third-order valence-corrected chi connectivity index (χ3v) is 5.12. The van der Waals surface area contributed by atoms with Gasteiger partial charge in [0.05, 0.1) is 5.69 Å². The van der Waals surface area contributed by atoms with Crippen LogP contribution in [0.5, 0.6) is 0 Å². The molecule has 0 aliphatic carbocycles. The molecule has 0 atom stereocenters. The number of amides is 1. The van der Waals surface area contributed by atoms with Gasteiger partial charge in [-0.2, -0.15) is 13.2 Å². The second-order valence-electron chi connectivity index (χ2n) is 7.23. The maximum Gasteiger partial charge on any atom is 0.435 e. The number of nitrogens with zero attached hydrogens (tertiary/aromatic N) is 5. The third-order valence-electron chi connectivity index (χ3n) is 5.12. The fourth-order valence-electron chi connectivity index (χ4n) is 3.54. The van der Waals surface area contributed by atoms with Gasteiger partial charge in [0, 0.05) is 32.7 Å². The molecule has 162 valence electrons. The molecule has 2 heterocycles. The van der Waals surface area contributed by atoms with E-state index in [0.717, 1.165) is 29.8 Å². The molecule has 0 N–H and O–H groups in total. The smallest absolute Gasteiger partial charge is 0.335 e. The molecule has 1 aliphatic heterocycles. The van der Waals surface area contributed by atoms with Gasteiger partial charge in [0.25, 0.3) is 5.91 Å². The fraction of sp³-hybridized carbons (Fsp3) is 0.286. The van der Waals surface area contributed by atoms with E-state index in [1.165, 1.54) is 4.90 Å². The van der Waals surface area contributed by atoms with Crippen LogP contribution in [0.25, 0.3) is 5.69 Å². The summed E-state index contributed by atoms with van der Waals surface area (Å²) < 4.78 is 55.0. The molecule has 0 radical (unpaired) electrons. The summed E-state index contributed by atoms with van der Waals surface area (Å²) >= 11 is 0. The van der Waals surface area contributed by atoms with Crippen molar-refractivity contribution < 1.29 is 22.4 Å². The van der Waals surface area contributed by atoms with E-state index in [1.54, 1.807) is 0 Å². The number of piperazine rings is 1. The lowest BCUT2D eigenvalue weighted by Gasteiger charge is -2.34. The average Bonchev–Trinajstić information content (AvgIpc) is 3.21. The Kier molecular flexibility index (Phi) is 5.73. The number of benzene rings is 2. The first-order valence-corrected chi connectivity index (χ1v) is 9.67. The minimum atomic E-state index is -4.86. The van der Waals surface area contributed by atoms with Crippen LogP contribution in [0.3, 0.4) is 0 Å². The summed E-state index contributed by atoms with van der Waals surface area (Å²) in [6.45, 7) is 2.35. The number of alkyl halides is 3. The molecule has 2 aromatic carbocycles. The molecule has 1 saturated heterocycles. The highest BCUT2D eigenvalue weighted by molar-refractivity contribution is 5.93. The molecule has 4 rings (SSSR count). The van der Waals surface area contributed by atoms with Crippen molar-refractivity contribution in [3.8, 4) is 5.69 Å². The van der Waals surface area contributed by atoms with E-state index in [-0.39, 0.29) is 18.8 Å². The van der Waals surface area contributed by atoms with Gasteiger partial charge in [-0.05, 0) is 29.8 Å². The molecule has 10 heteroatoms. The second-order valence-corrected chi connectivity index (χ2v) is 7.23.